The highest BCUT2D eigenvalue weighted by Crippen LogP contribution is 2.30. The molecule has 0 amide bonds. The van der Waals surface area contributed by atoms with Crippen molar-refractivity contribution >= 4 is 18.3 Å². The molecule has 1 saturated heterocycles. The zero-order chi connectivity index (χ0) is 20.4. The predicted octanol–water partition coefficient (Wildman–Crippen LogP) is 3.87. The van der Waals surface area contributed by atoms with Crippen LogP contribution in [0.15, 0.2) is 35.7 Å². The third kappa shape index (κ3) is 4.18. The average molecular weight is 411 g/mol. The Kier molecular flexibility index (Phi) is 6.18. The molecule has 2 heterocycles. The van der Waals surface area contributed by atoms with E-state index in [4.69, 9.17) is 15.2 Å². The molecular weight excluding hydrogens is 380 g/mol. The maximum absolute atomic E-state index is 6.28. The third-order valence-corrected chi connectivity index (χ3v) is 6.57. The zero-order valence-corrected chi connectivity index (χ0v) is 18.2. The first-order valence-corrected chi connectivity index (χ1v) is 10.8. The Morgan fingerprint density at radius 1 is 1.21 bits per heavy atom. The van der Waals surface area contributed by atoms with E-state index >= 15 is 0 Å². The van der Waals surface area contributed by atoms with E-state index < -0.39 is 0 Å². The van der Waals surface area contributed by atoms with Gasteiger partial charge in [0.25, 0.3) is 0 Å². The highest BCUT2D eigenvalue weighted by Gasteiger charge is 2.27. The molecule has 2 aliphatic heterocycles. The Labute approximate surface area is 179 Å². The summed E-state index contributed by atoms with van der Waals surface area (Å²) in [5.74, 6) is 0.834. The fourth-order valence-electron chi connectivity index (χ4n) is 4.32. The number of thiol groups is 1. The summed E-state index contributed by atoms with van der Waals surface area (Å²) in [6, 6.07) is 11.2. The molecule has 0 saturated carbocycles. The van der Waals surface area contributed by atoms with Crippen LogP contribution in [0, 0.1) is 13.8 Å². The number of benzene rings is 2. The van der Waals surface area contributed by atoms with E-state index in [9.17, 15) is 0 Å². The van der Waals surface area contributed by atoms with Gasteiger partial charge in [0.15, 0.2) is 0 Å². The lowest BCUT2D eigenvalue weighted by Gasteiger charge is -2.36. The van der Waals surface area contributed by atoms with E-state index in [-0.39, 0.29) is 0 Å². The maximum atomic E-state index is 6.28. The van der Waals surface area contributed by atoms with Gasteiger partial charge < -0.3 is 15.2 Å². The molecule has 154 valence electrons. The van der Waals surface area contributed by atoms with Crippen molar-refractivity contribution < 1.29 is 9.47 Å². The first kappa shape index (κ1) is 20.3. The topological polar surface area (TPSA) is 47.7 Å². The van der Waals surface area contributed by atoms with E-state index in [1.54, 1.807) is 5.41 Å². The Bertz CT molecular complexity index is 921. The normalized spacial score (nSPS) is 18.1. The second-order valence-corrected chi connectivity index (χ2v) is 8.30. The van der Waals surface area contributed by atoms with Crippen LogP contribution in [0.1, 0.15) is 33.4 Å². The number of nitrogens with two attached hydrogens (primary N) is 1. The molecular formula is C24H30N2O2S. The molecule has 0 spiro atoms. The van der Waals surface area contributed by atoms with Gasteiger partial charge in [0, 0.05) is 24.4 Å². The van der Waals surface area contributed by atoms with E-state index in [0.29, 0.717) is 18.3 Å². The standard InChI is InChI=1S/C24H30N2O2S/c1-16-4-3-5-22(23(25)15-29)24(16)28-12-19-7-6-18-8-10-26(20-13-27-14-20)11-9-21(18)17(19)2/h3-7,15,20,29H,8-14,25H2,1-2H3/b23-15-. The van der Waals surface area contributed by atoms with Crippen LogP contribution in [0.2, 0.25) is 0 Å². The van der Waals surface area contributed by atoms with E-state index in [0.717, 1.165) is 56.0 Å². The summed E-state index contributed by atoms with van der Waals surface area (Å²) in [5.41, 5.74) is 14.3. The fraction of sp³-hybridized carbons (Fsp3) is 0.417. The lowest BCUT2D eigenvalue weighted by Crippen LogP contribution is -2.49. The number of para-hydroxylation sites is 1. The summed E-state index contributed by atoms with van der Waals surface area (Å²) in [5, 5.41) is 1.62. The van der Waals surface area contributed by atoms with Gasteiger partial charge in [0.1, 0.15) is 12.4 Å². The summed E-state index contributed by atoms with van der Waals surface area (Å²) in [6.07, 6.45) is 2.20. The van der Waals surface area contributed by atoms with Crippen LogP contribution in [0.4, 0.5) is 0 Å². The Balaban J connectivity index is 1.53. The lowest BCUT2D eigenvalue weighted by atomic mass is 9.94. The van der Waals surface area contributed by atoms with Crippen LogP contribution in [-0.2, 0) is 24.2 Å². The molecule has 2 aliphatic rings. The molecule has 2 aromatic rings. The number of hydrogen-bond donors (Lipinski definition) is 2. The summed E-state index contributed by atoms with van der Waals surface area (Å²) in [6.45, 7) is 8.83. The van der Waals surface area contributed by atoms with Crippen molar-refractivity contribution in [3.8, 4) is 5.75 Å². The van der Waals surface area contributed by atoms with Gasteiger partial charge in [-0.2, -0.15) is 0 Å². The molecule has 4 nitrogen and oxygen atoms in total. The first-order valence-electron chi connectivity index (χ1n) is 10.3. The van der Waals surface area contributed by atoms with Crippen LogP contribution in [-0.4, -0.2) is 37.2 Å². The van der Waals surface area contributed by atoms with Crippen molar-refractivity contribution in [3.05, 3.63) is 69.1 Å². The number of nitrogens with zero attached hydrogens (tertiary/aromatic N) is 1. The molecule has 0 radical (unpaired) electrons. The van der Waals surface area contributed by atoms with Crippen LogP contribution in [0.5, 0.6) is 5.75 Å². The Morgan fingerprint density at radius 3 is 2.72 bits per heavy atom. The molecule has 29 heavy (non-hydrogen) atoms. The van der Waals surface area contributed by atoms with Crippen LogP contribution in [0.3, 0.4) is 0 Å². The van der Waals surface area contributed by atoms with Gasteiger partial charge in [-0.05, 0) is 66.0 Å². The van der Waals surface area contributed by atoms with Crippen molar-refractivity contribution in [1.82, 2.24) is 4.90 Å². The minimum Gasteiger partial charge on any atom is -0.488 e. The lowest BCUT2D eigenvalue weighted by molar-refractivity contribution is -0.0634. The van der Waals surface area contributed by atoms with E-state index in [2.05, 4.69) is 36.6 Å². The Hall–Kier alpha value is -1.95. The number of fused-ring (bicyclic) bond motifs is 1. The monoisotopic (exact) mass is 410 g/mol. The minimum atomic E-state index is 0.539. The largest absolute Gasteiger partial charge is 0.488 e. The van der Waals surface area contributed by atoms with Gasteiger partial charge in [-0.15, -0.1) is 12.6 Å². The summed E-state index contributed by atoms with van der Waals surface area (Å²) < 4.78 is 11.7. The molecule has 2 N–H and O–H groups in total. The number of aryl methyl sites for hydroxylation is 1. The van der Waals surface area contributed by atoms with Gasteiger partial charge in [-0.3, -0.25) is 4.90 Å². The average Bonchev–Trinajstić information content (AvgIpc) is 2.89. The second kappa shape index (κ2) is 8.82. The molecule has 0 aliphatic carbocycles. The molecule has 2 aromatic carbocycles. The highest BCUT2D eigenvalue weighted by molar-refractivity contribution is 7.83. The SMILES string of the molecule is Cc1cccc(/C(N)=C/S)c1OCc1ccc2c(c1C)CCN(C1COC1)CC2. The molecule has 5 heteroatoms. The van der Waals surface area contributed by atoms with E-state index in [1.807, 2.05) is 25.1 Å². The molecule has 0 atom stereocenters. The van der Waals surface area contributed by atoms with Gasteiger partial charge >= 0.3 is 0 Å². The third-order valence-electron chi connectivity index (χ3n) is 6.30. The summed E-state index contributed by atoms with van der Waals surface area (Å²) >= 11 is 4.21. The van der Waals surface area contributed by atoms with Crippen molar-refractivity contribution in [2.24, 2.45) is 5.73 Å². The van der Waals surface area contributed by atoms with Crippen LogP contribution >= 0.6 is 12.6 Å². The summed E-state index contributed by atoms with van der Waals surface area (Å²) in [4.78, 5) is 2.59. The molecule has 4 rings (SSSR count). The first-order chi connectivity index (χ1) is 14.1. The zero-order valence-electron chi connectivity index (χ0n) is 17.3. The van der Waals surface area contributed by atoms with Gasteiger partial charge in [-0.25, -0.2) is 0 Å². The Morgan fingerprint density at radius 2 is 2.00 bits per heavy atom. The summed E-state index contributed by atoms with van der Waals surface area (Å²) in [7, 11) is 0. The van der Waals surface area contributed by atoms with Crippen molar-refractivity contribution in [2.75, 3.05) is 26.3 Å². The van der Waals surface area contributed by atoms with Crippen LogP contribution in [0.25, 0.3) is 5.70 Å². The number of ether oxygens (including phenoxy) is 2. The van der Waals surface area contributed by atoms with Gasteiger partial charge in [0.2, 0.25) is 0 Å². The van der Waals surface area contributed by atoms with Crippen molar-refractivity contribution in [2.45, 2.75) is 39.3 Å². The maximum Gasteiger partial charge on any atom is 0.132 e. The fourth-order valence-corrected chi connectivity index (χ4v) is 4.46. The smallest absolute Gasteiger partial charge is 0.132 e. The van der Waals surface area contributed by atoms with Gasteiger partial charge in [-0.1, -0.05) is 24.3 Å². The van der Waals surface area contributed by atoms with Gasteiger partial charge in [0.05, 0.1) is 19.3 Å². The molecule has 0 bridgehead atoms. The van der Waals surface area contributed by atoms with Crippen molar-refractivity contribution in [3.63, 3.8) is 0 Å². The number of rotatable bonds is 5. The quantitative estimate of drug-likeness (QED) is 0.735. The minimum absolute atomic E-state index is 0.539. The predicted molar refractivity (Wildman–Crippen MR) is 121 cm³/mol. The molecule has 0 unspecified atom stereocenters. The molecule has 1 fully saturated rings. The number of hydrogen-bond acceptors (Lipinski definition) is 5. The van der Waals surface area contributed by atoms with Crippen molar-refractivity contribution in [1.29, 1.82) is 0 Å². The van der Waals surface area contributed by atoms with Crippen LogP contribution < -0.4 is 10.5 Å². The molecule has 0 aromatic heterocycles. The highest BCUT2D eigenvalue weighted by atomic mass is 32.1. The second-order valence-electron chi connectivity index (χ2n) is 8.04. The van der Waals surface area contributed by atoms with E-state index in [1.165, 1.54) is 22.3 Å².